The predicted molar refractivity (Wildman–Crippen MR) is 94.3 cm³/mol. The zero-order valence-corrected chi connectivity index (χ0v) is 15.8. The lowest BCUT2D eigenvalue weighted by molar-refractivity contribution is -0.274. The van der Waals surface area contributed by atoms with Gasteiger partial charge in [-0.1, -0.05) is 0 Å². The summed E-state index contributed by atoms with van der Waals surface area (Å²) in [5, 5.41) is 2.54. The van der Waals surface area contributed by atoms with Crippen LogP contribution in [0.4, 0.5) is 23.7 Å². The molecule has 12 heteroatoms. The first-order chi connectivity index (χ1) is 12.9. The number of amides is 2. The molecular weight excluding hydrogens is 403 g/mol. The zero-order valence-electron chi connectivity index (χ0n) is 15.0. The fourth-order valence-corrected chi connectivity index (χ4v) is 4.08. The molecule has 1 saturated heterocycles. The number of nitrogens with one attached hydrogen (secondary N) is 2. The number of hydrogen-bond acceptors (Lipinski definition) is 5. The average molecular weight is 423 g/mol. The minimum absolute atomic E-state index is 0.109. The molecule has 2 N–H and O–H groups in total. The van der Waals surface area contributed by atoms with Crippen LogP contribution in [0.2, 0.25) is 0 Å². The summed E-state index contributed by atoms with van der Waals surface area (Å²) < 4.78 is 66.4. The number of likely N-dealkylation sites (tertiary alicyclic amines) is 1. The molecular formula is C16H20F3N3O5S. The fraction of sp³-hybridized carbons (Fsp3) is 0.500. The normalized spacial score (nSPS) is 17.9. The molecule has 0 aliphatic carbocycles. The molecule has 156 valence electrons. The van der Waals surface area contributed by atoms with Crippen LogP contribution >= 0.6 is 0 Å². The third kappa shape index (κ3) is 7.35. The van der Waals surface area contributed by atoms with Gasteiger partial charge in [0.1, 0.15) is 17.3 Å². The molecule has 2 rings (SSSR count). The van der Waals surface area contributed by atoms with Crippen LogP contribution < -0.4 is 14.8 Å². The Morgan fingerprint density at radius 2 is 1.89 bits per heavy atom. The standard InChI is InChI=1S/C16H20F3N3O5S/c1-11(23)10-28(25,26)21-13-3-2-8-22(9-13)15(24)20-12-4-6-14(7-5-12)27-16(17,18)19/h4-7,13,21H,2-3,8-10H2,1H3,(H,20,24)/t13-/m1/s1. The highest BCUT2D eigenvalue weighted by atomic mass is 32.2. The number of piperidine rings is 1. The van der Waals surface area contributed by atoms with Gasteiger partial charge in [0.15, 0.2) is 0 Å². The van der Waals surface area contributed by atoms with Crippen LogP contribution in [0.15, 0.2) is 24.3 Å². The maximum absolute atomic E-state index is 12.3. The van der Waals surface area contributed by atoms with Crippen LogP contribution in [0.3, 0.4) is 0 Å². The molecule has 1 aromatic rings. The number of ether oxygens (including phenoxy) is 1. The highest BCUT2D eigenvalue weighted by Crippen LogP contribution is 2.24. The van der Waals surface area contributed by atoms with Gasteiger partial charge in [0, 0.05) is 24.8 Å². The molecule has 1 fully saturated rings. The molecule has 2 amide bonds. The number of rotatable bonds is 6. The number of Topliss-reactive ketones (excluding diaryl/α,β-unsaturated/α-hetero) is 1. The van der Waals surface area contributed by atoms with Crippen molar-refractivity contribution < 1.29 is 35.9 Å². The summed E-state index contributed by atoms with van der Waals surface area (Å²) in [4.78, 5) is 24.7. The summed E-state index contributed by atoms with van der Waals surface area (Å²) in [6.07, 6.45) is -3.73. The van der Waals surface area contributed by atoms with E-state index < -0.39 is 45.7 Å². The van der Waals surface area contributed by atoms with Gasteiger partial charge < -0.3 is 15.0 Å². The Balaban J connectivity index is 1.92. The maximum atomic E-state index is 12.3. The number of ketones is 1. The van der Waals surface area contributed by atoms with E-state index in [0.717, 1.165) is 12.1 Å². The second kappa shape index (κ2) is 8.78. The Kier molecular flexibility index (Phi) is 6.88. The minimum atomic E-state index is -4.80. The van der Waals surface area contributed by atoms with Crippen molar-refractivity contribution >= 4 is 27.5 Å². The summed E-state index contributed by atoms with van der Waals surface area (Å²) in [7, 11) is -3.77. The Morgan fingerprint density at radius 1 is 1.25 bits per heavy atom. The van der Waals surface area contributed by atoms with Crippen LogP contribution in [0.5, 0.6) is 5.75 Å². The molecule has 28 heavy (non-hydrogen) atoms. The lowest BCUT2D eigenvalue weighted by Crippen LogP contribution is -2.51. The second-order valence-corrected chi connectivity index (χ2v) is 8.12. The van der Waals surface area contributed by atoms with Crippen molar-refractivity contribution in [3.63, 3.8) is 0 Å². The molecule has 0 bridgehead atoms. The van der Waals surface area contributed by atoms with E-state index in [1.165, 1.54) is 24.0 Å². The van der Waals surface area contributed by atoms with Gasteiger partial charge in [-0.2, -0.15) is 0 Å². The third-order valence-corrected chi connectivity index (χ3v) is 5.27. The molecule has 0 saturated carbocycles. The number of carbonyl (C=O) groups excluding carboxylic acids is 2. The van der Waals surface area contributed by atoms with Crippen LogP contribution in [0.25, 0.3) is 0 Å². The van der Waals surface area contributed by atoms with Gasteiger partial charge >= 0.3 is 12.4 Å². The third-order valence-electron chi connectivity index (χ3n) is 3.79. The van der Waals surface area contributed by atoms with Crippen molar-refractivity contribution in [3.8, 4) is 5.75 Å². The van der Waals surface area contributed by atoms with Crippen LogP contribution in [-0.4, -0.2) is 56.4 Å². The van der Waals surface area contributed by atoms with E-state index >= 15 is 0 Å². The monoisotopic (exact) mass is 423 g/mol. The van der Waals surface area contributed by atoms with Gasteiger partial charge in [0.25, 0.3) is 0 Å². The topological polar surface area (TPSA) is 105 Å². The number of alkyl halides is 3. The van der Waals surface area contributed by atoms with Gasteiger partial charge in [-0.25, -0.2) is 17.9 Å². The van der Waals surface area contributed by atoms with Crippen molar-refractivity contribution in [2.24, 2.45) is 0 Å². The van der Waals surface area contributed by atoms with Crippen molar-refractivity contribution in [2.75, 3.05) is 24.2 Å². The molecule has 1 aliphatic rings. The number of hydrogen-bond donors (Lipinski definition) is 2. The molecule has 1 atom stereocenters. The Bertz CT molecular complexity index is 812. The predicted octanol–water partition coefficient (Wildman–Crippen LogP) is 2.09. The maximum Gasteiger partial charge on any atom is 0.573 e. The van der Waals surface area contributed by atoms with Crippen LogP contribution in [0, 0.1) is 0 Å². The van der Waals surface area contributed by atoms with Crippen molar-refractivity contribution in [2.45, 2.75) is 32.2 Å². The minimum Gasteiger partial charge on any atom is -0.406 e. The fourth-order valence-electron chi connectivity index (χ4n) is 2.76. The number of nitrogens with zero attached hydrogens (tertiary/aromatic N) is 1. The molecule has 0 spiro atoms. The lowest BCUT2D eigenvalue weighted by Gasteiger charge is -2.33. The average Bonchev–Trinajstić information content (AvgIpc) is 2.53. The summed E-state index contributed by atoms with van der Waals surface area (Å²) in [5.41, 5.74) is 0.263. The first kappa shape index (κ1) is 22.0. The van der Waals surface area contributed by atoms with E-state index in [9.17, 15) is 31.2 Å². The second-order valence-electron chi connectivity index (χ2n) is 6.37. The summed E-state index contributed by atoms with van der Waals surface area (Å²) in [5.74, 6) is -1.53. The summed E-state index contributed by atoms with van der Waals surface area (Å²) in [6.45, 7) is 1.68. The molecule has 1 aliphatic heterocycles. The Labute approximate surface area is 160 Å². The van der Waals surface area contributed by atoms with E-state index in [1.54, 1.807) is 0 Å². The number of halogens is 3. The van der Waals surface area contributed by atoms with Crippen molar-refractivity contribution in [3.05, 3.63) is 24.3 Å². The Morgan fingerprint density at radius 3 is 2.46 bits per heavy atom. The highest BCUT2D eigenvalue weighted by molar-refractivity contribution is 7.90. The van der Waals surface area contributed by atoms with Gasteiger partial charge in [-0.05, 0) is 44.0 Å². The first-order valence-corrected chi connectivity index (χ1v) is 10.00. The lowest BCUT2D eigenvalue weighted by atomic mass is 10.1. The van der Waals surface area contributed by atoms with Gasteiger partial charge in [-0.3, -0.25) is 4.79 Å². The highest BCUT2D eigenvalue weighted by Gasteiger charge is 2.31. The summed E-state index contributed by atoms with van der Waals surface area (Å²) >= 11 is 0. The SMILES string of the molecule is CC(=O)CS(=O)(=O)N[C@@H]1CCCN(C(=O)Nc2ccc(OC(F)(F)F)cc2)C1. The van der Waals surface area contributed by atoms with E-state index in [0.29, 0.717) is 19.4 Å². The van der Waals surface area contributed by atoms with Gasteiger partial charge in [0.05, 0.1) is 0 Å². The number of urea groups is 1. The molecule has 0 aromatic heterocycles. The van der Waals surface area contributed by atoms with Gasteiger partial charge in [-0.15, -0.1) is 13.2 Å². The molecule has 0 radical (unpaired) electrons. The van der Waals surface area contributed by atoms with Crippen molar-refractivity contribution in [1.29, 1.82) is 0 Å². The molecule has 1 aromatic carbocycles. The number of benzene rings is 1. The number of anilines is 1. The van der Waals surface area contributed by atoms with E-state index in [4.69, 9.17) is 0 Å². The summed E-state index contributed by atoms with van der Waals surface area (Å²) in [6, 6.07) is 3.62. The zero-order chi connectivity index (χ0) is 20.9. The number of sulfonamides is 1. The molecule has 8 nitrogen and oxygen atoms in total. The molecule has 1 heterocycles. The quantitative estimate of drug-likeness (QED) is 0.729. The van der Waals surface area contributed by atoms with E-state index in [1.807, 2.05) is 0 Å². The van der Waals surface area contributed by atoms with Crippen LogP contribution in [-0.2, 0) is 14.8 Å². The Hall–Kier alpha value is -2.34. The first-order valence-electron chi connectivity index (χ1n) is 8.35. The largest absolute Gasteiger partial charge is 0.573 e. The number of carbonyl (C=O) groups is 2. The van der Waals surface area contributed by atoms with Crippen LogP contribution in [0.1, 0.15) is 19.8 Å². The smallest absolute Gasteiger partial charge is 0.406 e. The van der Waals surface area contributed by atoms with E-state index in [2.05, 4.69) is 14.8 Å². The van der Waals surface area contributed by atoms with E-state index in [-0.39, 0.29) is 12.2 Å². The molecule has 0 unspecified atom stereocenters. The van der Waals surface area contributed by atoms with Gasteiger partial charge in [0.2, 0.25) is 10.0 Å². The van der Waals surface area contributed by atoms with Crippen molar-refractivity contribution in [1.82, 2.24) is 9.62 Å².